The Hall–Kier alpha value is -1.32. The van der Waals surface area contributed by atoms with E-state index in [1.165, 1.54) is 0 Å². The molecule has 0 spiro atoms. The lowest BCUT2D eigenvalue weighted by atomic mass is 10.0. The standard InChI is InChI=1S/C9H14O4/c1-6(2)7(9(12)13)4-3-5-8(10)11/h3-5H2,1-2H3,(H,10,11)(H,12,13). The van der Waals surface area contributed by atoms with E-state index in [1.807, 2.05) is 0 Å². The van der Waals surface area contributed by atoms with Crippen molar-refractivity contribution in [3.63, 3.8) is 0 Å². The van der Waals surface area contributed by atoms with Gasteiger partial charge in [0.2, 0.25) is 0 Å². The molecular formula is C9H14O4. The Kier molecular flexibility index (Phi) is 4.80. The van der Waals surface area contributed by atoms with Crippen LogP contribution in [0.4, 0.5) is 0 Å². The van der Waals surface area contributed by atoms with Crippen LogP contribution in [0.1, 0.15) is 33.1 Å². The van der Waals surface area contributed by atoms with E-state index in [0.29, 0.717) is 18.4 Å². The van der Waals surface area contributed by atoms with Gasteiger partial charge in [-0.3, -0.25) is 4.79 Å². The molecule has 0 aliphatic carbocycles. The average molecular weight is 186 g/mol. The van der Waals surface area contributed by atoms with E-state index in [2.05, 4.69) is 0 Å². The smallest absolute Gasteiger partial charge is 0.331 e. The molecule has 0 fully saturated rings. The minimum Gasteiger partial charge on any atom is -0.481 e. The topological polar surface area (TPSA) is 74.6 Å². The summed E-state index contributed by atoms with van der Waals surface area (Å²) in [6.07, 6.45) is 0.718. The van der Waals surface area contributed by atoms with Gasteiger partial charge in [-0.1, -0.05) is 5.57 Å². The summed E-state index contributed by atoms with van der Waals surface area (Å²) < 4.78 is 0. The largest absolute Gasteiger partial charge is 0.481 e. The molecule has 0 atom stereocenters. The van der Waals surface area contributed by atoms with Gasteiger partial charge in [-0.2, -0.15) is 0 Å². The van der Waals surface area contributed by atoms with Crippen molar-refractivity contribution in [1.82, 2.24) is 0 Å². The van der Waals surface area contributed by atoms with Crippen LogP contribution >= 0.6 is 0 Å². The van der Waals surface area contributed by atoms with Crippen LogP contribution < -0.4 is 0 Å². The lowest BCUT2D eigenvalue weighted by Crippen LogP contribution is -2.04. The van der Waals surface area contributed by atoms with E-state index in [1.54, 1.807) is 13.8 Å². The SMILES string of the molecule is CC(C)=C(CCCC(=O)O)C(=O)O. The van der Waals surface area contributed by atoms with Crippen LogP contribution in [0.3, 0.4) is 0 Å². The van der Waals surface area contributed by atoms with Gasteiger partial charge in [0.15, 0.2) is 0 Å². The van der Waals surface area contributed by atoms with Gasteiger partial charge in [0.1, 0.15) is 0 Å². The highest BCUT2D eigenvalue weighted by molar-refractivity contribution is 5.87. The van der Waals surface area contributed by atoms with Gasteiger partial charge in [-0.05, 0) is 26.7 Å². The number of carboxylic acid groups (broad SMARTS) is 2. The average Bonchev–Trinajstić information content (AvgIpc) is 1.95. The van der Waals surface area contributed by atoms with Crippen molar-refractivity contribution < 1.29 is 19.8 Å². The van der Waals surface area contributed by atoms with Crippen LogP contribution in [0.25, 0.3) is 0 Å². The third-order valence-electron chi connectivity index (χ3n) is 1.68. The Bertz CT molecular complexity index is 236. The number of aliphatic carboxylic acids is 2. The Morgan fingerprint density at radius 2 is 1.62 bits per heavy atom. The second kappa shape index (κ2) is 5.35. The summed E-state index contributed by atoms with van der Waals surface area (Å²) in [5, 5.41) is 17.0. The van der Waals surface area contributed by atoms with Crippen LogP contribution in [0.2, 0.25) is 0 Å². The quantitative estimate of drug-likeness (QED) is 0.640. The minimum atomic E-state index is -0.953. The second-order valence-corrected chi connectivity index (χ2v) is 3.03. The van der Waals surface area contributed by atoms with Crippen LogP contribution in [0, 0.1) is 0 Å². The van der Waals surface area contributed by atoms with Crippen molar-refractivity contribution in [2.75, 3.05) is 0 Å². The maximum atomic E-state index is 10.6. The fourth-order valence-electron chi connectivity index (χ4n) is 0.987. The third kappa shape index (κ3) is 5.00. The van der Waals surface area contributed by atoms with Crippen molar-refractivity contribution in [2.24, 2.45) is 0 Å². The third-order valence-corrected chi connectivity index (χ3v) is 1.68. The highest BCUT2D eigenvalue weighted by Gasteiger charge is 2.09. The summed E-state index contributed by atoms with van der Waals surface area (Å²) in [5.74, 6) is -1.84. The number of hydrogen-bond donors (Lipinski definition) is 2. The van der Waals surface area contributed by atoms with Crippen molar-refractivity contribution >= 4 is 11.9 Å². The highest BCUT2D eigenvalue weighted by atomic mass is 16.4. The van der Waals surface area contributed by atoms with E-state index >= 15 is 0 Å². The first-order valence-corrected chi connectivity index (χ1v) is 4.06. The molecule has 0 saturated carbocycles. The fraction of sp³-hybridized carbons (Fsp3) is 0.556. The lowest BCUT2D eigenvalue weighted by Gasteiger charge is -2.02. The molecule has 0 radical (unpaired) electrons. The Labute approximate surface area is 76.9 Å². The van der Waals surface area contributed by atoms with Crippen molar-refractivity contribution in [3.05, 3.63) is 11.1 Å². The molecular weight excluding hydrogens is 172 g/mol. The van der Waals surface area contributed by atoms with Gasteiger partial charge in [-0.25, -0.2) is 4.79 Å². The summed E-state index contributed by atoms with van der Waals surface area (Å²) in [6, 6.07) is 0. The number of carboxylic acids is 2. The highest BCUT2D eigenvalue weighted by Crippen LogP contribution is 2.12. The summed E-state index contributed by atoms with van der Waals surface area (Å²) in [7, 11) is 0. The van der Waals surface area contributed by atoms with Crippen LogP contribution in [-0.4, -0.2) is 22.2 Å². The van der Waals surface area contributed by atoms with Gasteiger partial charge < -0.3 is 10.2 Å². The normalized spacial score (nSPS) is 9.38. The number of rotatable bonds is 5. The van der Waals surface area contributed by atoms with Crippen molar-refractivity contribution in [1.29, 1.82) is 0 Å². The molecule has 4 heteroatoms. The molecule has 0 amide bonds. The van der Waals surface area contributed by atoms with Crippen molar-refractivity contribution in [2.45, 2.75) is 33.1 Å². The first-order chi connectivity index (χ1) is 5.95. The first-order valence-electron chi connectivity index (χ1n) is 4.06. The summed E-state index contributed by atoms with van der Waals surface area (Å²) in [6.45, 7) is 3.43. The molecule has 0 saturated heterocycles. The zero-order chi connectivity index (χ0) is 10.4. The van der Waals surface area contributed by atoms with E-state index < -0.39 is 11.9 Å². The van der Waals surface area contributed by atoms with E-state index in [-0.39, 0.29) is 6.42 Å². The molecule has 0 rings (SSSR count). The van der Waals surface area contributed by atoms with E-state index in [9.17, 15) is 9.59 Å². The Morgan fingerprint density at radius 3 is 1.92 bits per heavy atom. The molecule has 0 unspecified atom stereocenters. The van der Waals surface area contributed by atoms with Crippen LogP contribution in [-0.2, 0) is 9.59 Å². The van der Waals surface area contributed by atoms with E-state index in [0.717, 1.165) is 5.57 Å². The Balaban J connectivity index is 4.08. The molecule has 13 heavy (non-hydrogen) atoms. The molecule has 0 aromatic carbocycles. The monoisotopic (exact) mass is 186 g/mol. The van der Waals surface area contributed by atoms with Crippen LogP contribution in [0.5, 0.6) is 0 Å². The number of allylic oxidation sites excluding steroid dienone is 1. The maximum absolute atomic E-state index is 10.6. The summed E-state index contributed by atoms with van der Waals surface area (Å²) in [5.41, 5.74) is 1.05. The molecule has 0 aliphatic rings. The predicted octanol–water partition coefficient (Wildman–Crippen LogP) is 1.66. The second-order valence-electron chi connectivity index (χ2n) is 3.03. The molecule has 0 aromatic rings. The molecule has 0 bridgehead atoms. The van der Waals surface area contributed by atoms with Gasteiger partial charge in [0, 0.05) is 12.0 Å². The molecule has 0 aromatic heterocycles. The van der Waals surface area contributed by atoms with Gasteiger partial charge in [0.05, 0.1) is 0 Å². The molecule has 0 heterocycles. The zero-order valence-electron chi connectivity index (χ0n) is 7.83. The van der Waals surface area contributed by atoms with Crippen LogP contribution in [0.15, 0.2) is 11.1 Å². The van der Waals surface area contributed by atoms with E-state index in [4.69, 9.17) is 10.2 Å². The predicted molar refractivity (Wildman–Crippen MR) is 47.5 cm³/mol. The minimum absolute atomic E-state index is 0.0179. The molecule has 0 aliphatic heterocycles. The summed E-state index contributed by atoms with van der Waals surface area (Å²) in [4.78, 5) is 20.8. The van der Waals surface area contributed by atoms with Gasteiger partial charge in [-0.15, -0.1) is 0 Å². The molecule has 4 nitrogen and oxygen atoms in total. The summed E-state index contributed by atoms with van der Waals surface area (Å²) >= 11 is 0. The Morgan fingerprint density at radius 1 is 1.08 bits per heavy atom. The van der Waals surface area contributed by atoms with Gasteiger partial charge >= 0.3 is 11.9 Å². The molecule has 74 valence electrons. The fourth-order valence-corrected chi connectivity index (χ4v) is 0.987. The first kappa shape index (κ1) is 11.7. The number of carbonyl (C=O) groups is 2. The van der Waals surface area contributed by atoms with Crippen molar-refractivity contribution in [3.8, 4) is 0 Å². The number of hydrogen-bond acceptors (Lipinski definition) is 2. The molecule has 2 N–H and O–H groups in total. The zero-order valence-corrected chi connectivity index (χ0v) is 7.83. The lowest BCUT2D eigenvalue weighted by molar-refractivity contribution is -0.137. The van der Waals surface area contributed by atoms with Gasteiger partial charge in [0.25, 0.3) is 0 Å². The maximum Gasteiger partial charge on any atom is 0.331 e.